The molecule has 0 saturated carbocycles. The van der Waals surface area contributed by atoms with E-state index in [1.807, 2.05) is 0 Å². The predicted octanol–water partition coefficient (Wildman–Crippen LogP) is 1.86. The number of rotatable bonds is 3. The average molecular weight is 240 g/mol. The normalized spacial score (nSPS) is 34.8. The fourth-order valence-electron chi connectivity index (χ4n) is 3.11. The van der Waals surface area contributed by atoms with Crippen molar-refractivity contribution in [2.75, 3.05) is 39.4 Å². The molecule has 2 N–H and O–H groups in total. The topological polar surface area (TPSA) is 38.5 Å². The highest BCUT2D eigenvalue weighted by atomic mass is 16.5. The molecule has 1 unspecified atom stereocenters. The van der Waals surface area contributed by atoms with Crippen LogP contribution in [-0.4, -0.2) is 44.3 Å². The van der Waals surface area contributed by atoms with E-state index in [-0.39, 0.29) is 5.41 Å². The molecule has 3 heteroatoms. The van der Waals surface area contributed by atoms with E-state index in [2.05, 4.69) is 18.7 Å². The van der Waals surface area contributed by atoms with Crippen LogP contribution in [-0.2, 0) is 4.74 Å². The zero-order valence-electron chi connectivity index (χ0n) is 11.5. The van der Waals surface area contributed by atoms with E-state index < -0.39 is 0 Å². The molecule has 2 heterocycles. The van der Waals surface area contributed by atoms with Crippen LogP contribution in [0.2, 0.25) is 0 Å². The number of hydrogen-bond donors (Lipinski definition) is 1. The lowest BCUT2D eigenvalue weighted by Crippen LogP contribution is -2.43. The number of nitrogens with two attached hydrogens (primary N) is 1. The molecule has 0 spiro atoms. The van der Waals surface area contributed by atoms with Gasteiger partial charge in [0.25, 0.3) is 0 Å². The summed E-state index contributed by atoms with van der Waals surface area (Å²) in [6.45, 7) is 10.9. The molecule has 3 nitrogen and oxygen atoms in total. The van der Waals surface area contributed by atoms with Crippen LogP contribution in [0.4, 0.5) is 0 Å². The van der Waals surface area contributed by atoms with Crippen molar-refractivity contribution in [1.29, 1.82) is 0 Å². The van der Waals surface area contributed by atoms with Crippen molar-refractivity contribution >= 4 is 0 Å². The summed E-state index contributed by atoms with van der Waals surface area (Å²) in [5, 5.41) is 0. The Bertz CT molecular complexity index is 247. The Morgan fingerprint density at radius 3 is 2.65 bits per heavy atom. The van der Waals surface area contributed by atoms with E-state index in [1.165, 1.54) is 32.4 Å². The highest BCUT2D eigenvalue weighted by molar-refractivity contribution is 4.88. The van der Waals surface area contributed by atoms with Crippen LogP contribution >= 0.6 is 0 Å². The molecule has 2 aliphatic heterocycles. The van der Waals surface area contributed by atoms with Crippen molar-refractivity contribution in [2.45, 2.75) is 39.5 Å². The zero-order chi connectivity index (χ0) is 12.4. The second-order valence-corrected chi connectivity index (χ2v) is 6.80. The van der Waals surface area contributed by atoms with Gasteiger partial charge in [-0.2, -0.15) is 0 Å². The summed E-state index contributed by atoms with van der Waals surface area (Å²) in [6.07, 6.45) is 5.14. The molecule has 0 bridgehead atoms. The standard InChI is InChI=1S/C14H28N2O/c1-13(2)4-3-7-16(8-5-13)11-14(10-15)6-9-17-12-14/h3-12,15H2,1-2H3. The molecule has 17 heavy (non-hydrogen) atoms. The highest BCUT2D eigenvalue weighted by Crippen LogP contribution is 2.33. The molecule has 2 saturated heterocycles. The van der Waals surface area contributed by atoms with Crippen molar-refractivity contribution in [3.63, 3.8) is 0 Å². The van der Waals surface area contributed by atoms with Crippen molar-refractivity contribution in [3.8, 4) is 0 Å². The van der Waals surface area contributed by atoms with Gasteiger partial charge in [0, 0.05) is 25.1 Å². The molecule has 0 aliphatic carbocycles. The summed E-state index contributed by atoms with van der Waals surface area (Å²) in [7, 11) is 0. The maximum atomic E-state index is 5.97. The Labute approximate surface area is 106 Å². The van der Waals surface area contributed by atoms with Gasteiger partial charge in [0.2, 0.25) is 0 Å². The first-order valence-electron chi connectivity index (χ1n) is 7.06. The number of hydrogen-bond acceptors (Lipinski definition) is 3. The fourth-order valence-corrected chi connectivity index (χ4v) is 3.11. The largest absolute Gasteiger partial charge is 0.381 e. The first kappa shape index (κ1) is 13.3. The monoisotopic (exact) mass is 240 g/mol. The van der Waals surface area contributed by atoms with E-state index >= 15 is 0 Å². The van der Waals surface area contributed by atoms with Gasteiger partial charge in [-0.05, 0) is 44.2 Å². The molecule has 0 radical (unpaired) electrons. The van der Waals surface area contributed by atoms with Gasteiger partial charge in [-0.3, -0.25) is 0 Å². The minimum atomic E-state index is 0.245. The third-order valence-corrected chi connectivity index (χ3v) is 4.61. The van der Waals surface area contributed by atoms with Gasteiger partial charge in [0.15, 0.2) is 0 Å². The summed E-state index contributed by atoms with van der Waals surface area (Å²) in [5.41, 5.74) is 6.74. The van der Waals surface area contributed by atoms with Gasteiger partial charge in [-0.25, -0.2) is 0 Å². The molecule has 0 aromatic rings. The second-order valence-electron chi connectivity index (χ2n) is 6.80. The van der Waals surface area contributed by atoms with Gasteiger partial charge < -0.3 is 15.4 Å². The van der Waals surface area contributed by atoms with Crippen molar-refractivity contribution < 1.29 is 4.74 Å². The molecule has 2 aliphatic rings. The predicted molar refractivity (Wildman–Crippen MR) is 71.0 cm³/mol. The van der Waals surface area contributed by atoms with Gasteiger partial charge in [0.1, 0.15) is 0 Å². The highest BCUT2D eigenvalue weighted by Gasteiger charge is 2.36. The van der Waals surface area contributed by atoms with E-state index in [9.17, 15) is 0 Å². The lowest BCUT2D eigenvalue weighted by atomic mass is 9.85. The van der Waals surface area contributed by atoms with Crippen LogP contribution < -0.4 is 5.73 Å². The molecular formula is C14H28N2O. The van der Waals surface area contributed by atoms with Crippen LogP contribution in [0.25, 0.3) is 0 Å². The smallest absolute Gasteiger partial charge is 0.0547 e. The first-order chi connectivity index (χ1) is 8.05. The third-order valence-electron chi connectivity index (χ3n) is 4.61. The molecule has 0 amide bonds. The number of likely N-dealkylation sites (tertiary alicyclic amines) is 1. The lowest BCUT2D eigenvalue weighted by molar-refractivity contribution is 0.114. The average Bonchev–Trinajstić information content (AvgIpc) is 2.68. The molecule has 2 rings (SSSR count). The molecule has 2 fully saturated rings. The Morgan fingerprint density at radius 2 is 2.00 bits per heavy atom. The Morgan fingerprint density at radius 1 is 1.18 bits per heavy atom. The maximum absolute atomic E-state index is 5.97. The number of ether oxygens (including phenoxy) is 1. The summed E-state index contributed by atoms with van der Waals surface area (Å²) in [6, 6.07) is 0. The van der Waals surface area contributed by atoms with Gasteiger partial charge in [0.05, 0.1) is 6.61 Å². The summed E-state index contributed by atoms with van der Waals surface area (Å²) in [4.78, 5) is 2.62. The minimum Gasteiger partial charge on any atom is -0.381 e. The second kappa shape index (κ2) is 5.25. The van der Waals surface area contributed by atoms with Gasteiger partial charge in [-0.15, -0.1) is 0 Å². The van der Waals surface area contributed by atoms with Gasteiger partial charge >= 0.3 is 0 Å². The van der Waals surface area contributed by atoms with E-state index in [4.69, 9.17) is 10.5 Å². The summed E-state index contributed by atoms with van der Waals surface area (Å²) in [5.74, 6) is 0. The quantitative estimate of drug-likeness (QED) is 0.818. The molecule has 0 aromatic carbocycles. The van der Waals surface area contributed by atoms with E-state index in [0.29, 0.717) is 5.41 Å². The van der Waals surface area contributed by atoms with Crippen molar-refractivity contribution in [3.05, 3.63) is 0 Å². The third kappa shape index (κ3) is 3.43. The molecule has 1 atom stereocenters. The SMILES string of the molecule is CC1(C)CCCN(CC2(CN)CCOC2)CC1. The van der Waals surface area contributed by atoms with E-state index in [0.717, 1.165) is 32.7 Å². The first-order valence-corrected chi connectivity index (χ1v) is 7.06. The van der Waals surface area contributed by atoms with Crippen LogP contribution in [0.1, 0.15) is 39.5 Å². The van der Waals surface area contributed by atoms with Crippen molar-refractivity contribution in [2.24, 2.45) is 16.6 Å². The van der Waals surface area contributed by atoms with Crippen LogP contribution in [0.3, 0.4) is 0 Å². The van der Waals surface area contributed by atoms with Crippen LogP contribution in [0.5, 0.6) is 0 Å². The molecule has 0 aromatic heterocycles. The Kier molecular flexibility index (Phi) is 4.11. The number of nitrogens with zero attached hydrogens (tertiary/aromatic N) is 1. The minimum absolute atomic E-state index is 0.245. The van der Waals surface area contributed by atoms with E-state index in [1.54, 1.807) is 0 Å². The molecular weight excluding hydrogens is 212 g/mol. The van der Waals surface area contributed by atoms with Crippen LogP contribution in [0, 0.1) is 10.8 Å². The van der Waals surface area contributed by atoms with Crippen molar-refractivity contribution in [1.82, 2.24) is 4.90 Å². The zero-order valence-corrected chi connectivity index (χ0v) is 11.5. The summed E-state index contributed by atoms with van der Waals surface area (Å²) < 4.78 is 5.56. The fraction of sp³-hybridized carbons (Fsp3) is 1.00. The summed E-state index contributed by atoms with van der Waals surface area (Å²) >= 11 is 0. The van der Waals surface area contributed by atoms with Gasteiger partial charge in [-0.1, -0.05) is 13.8 Å². The Hall–Kier alpha value is -0.120. The molecule has 100 valence electrons. The lowest BCUT2D eigenvalue weighted by Gasteiger charge is -2.33. The Balaban J connectivity index is 1.90. The van der Waals surface area contributed by atoms with Crippen LogP contribution in [0.15, 0.2) is 0 Å². The maximum Gasteiger partial charge on any atom is 0.0547 e.